The quantitative estimate of drug-likeness (QED) is 0.0566. The number of amidine groups is 1. The number of hydrazone groups is 1. The number of hydrogen-bond acceptors (Lipinski definition) is 6. The Morgan fingerprint density at radius 2 is 1.92 bits per heavy atom. The Labute approximate surface area is 221 Å². The van der Waals surface area contributed by atoms with Crippen molar-refractivity contribution in [3.8, 4) is 28.7 Å². The van der Waals surface area contributed by atoms with E-state index in [1.54, 1.807) is 23.3 Å². The molecule has 0 aliphatic rings. The van der Waals surface area contributed by atoms with Gasteiger partial charge in [-0.25, -0.2) is 0 Å². The Bertz CT molecular complexity index is 1430. The highest BCUT2D eigenvalue weighted by atomic mass is 32.2. The van der Waals surface area contributed by atoms with Crippen LogP contribution in [0.4, 0.5) is 5.69 Å². The van der Waals surface area contributed by atoms with Gasteiger partial charge in [0, 0.05) is 34.0 Å². The third kappa shape index (κ3) is 5.96. The van der Waals surface area contributed by atoms with Crippen molar-refractivity contribution in [2.24, 2.45) is 16.7 Å². The monoisotopic (exact) mass is 514 g/mol. The van der Waals surface area contributed by atoms with E-state index in [1.807, 2.05) is 37.4 Å². The molecule has 0 aliphatic carbocycles. The van der Waals surface area contributed by atoms with Crippen LogP contribution >= 0.6 is 23.3 Å². The molecule has 0 saturated heterocycles. The summed E-state index contributed by atoms with van der Waals surface area (Å²) in [4.78, 5) is 0. The summed E-state index contributed by atoms with van der Waals surface area (Å²) in [6, 6.07) is 21.1. The normalized spacial score (nSPS) is 12.1. The molecule has 184 valence electrons. The number of rotatable bonds is 9. The molecule has 5 N–H and O–H groups in total. The zero-order chi connectivity index (χ0) is 25.5. The molecule has 0 bridgehead atoms. The van der Waals surface area contributed by atoms with E-state index in [4.69, 9.17) is 16.3 Å². The van der Waals surface area contributed by atoms with E-state index >= 15 is 0 Å². The standard InChI is InChI=1S/C29H30N4OS2/c1-4-5-22(15-29(30)32-31)21-8-11-24(12-9-21)34-17-20-7-13-28-26(14-20)27(18-36-28)25-16-23(33-35-3)10-6-19(25)2/h6-14,16,18,22,33H,15,17,31H2,1-3H3,(H2,30,32). The Morgan fingerprint density at radius 1 is 1.11 bits per heavy atom. The molecule has 36 heavy (non-hydrogen) atoms. The van der Waals surface area contributed by atoms with E-state index in [1.165, 1.54) is 26.8 Å². The van der Waals surface area contributed by atoms with Crippen LogP contribution in [0.3, 0.4) is 0 Å². The van der Waals surface area contributed by atoms with Crippen molar-refractivity contribution < 1.29 is 4.74 Å². The van der Waals surface area contributed by atoms with Crippen molar-refractivity contribution in [3.05, 3.63) is 82.7 Å². The number of fused-ring (bicyclic) bond motifs is 1. The van der Waals surface area contributed by atoms with Gasteiger partial charge in [-0.15, -0.1) is 17.3 Å². The minimum atomic E-state index is -0.0520. The van der Waals surface area contributed by atoms with Gasteiger partial charge in [0.1, 0.15) is 18.2 Å². The van der Waals surface area contributed by atoms with Gasteiger partial charge in [0.25, 0.3) is 0 Å². The van der Waals surface area contributed by atoms with Crippen LogP contribution in [0.1, 0.15) is 36.0 Å². The van der Waals surface area contributed by atoms with Crippen LogP contribution in [0.2, 0.25) is 0 Å². The zero-order valence-electron chi connectivity index (χ0n) is 20.7. The molecular formula is C29H30N4OS2. The summed E-state index contributed by atoms with van der Waals surface area (Å²) in [5.41, 5.74) is 12.9. The first-order chi connectivity index (χ1) is 17.5. The van der Waals surface area contributed by atoms with Crippen LogP contribution in [0.15, 0.2) is 71.1 Å². The van der Waals surface area contributed by atoms with Crippen molar-refractivity contribution in [1.82, 2.24) is 0 Å². The van der Waals surface area contributed by atoms with Crippen LogP contribution in [-0.2, 0) is 6.61 Å². The summed E-state index contributed by atoms with van der Waals surface area (Å²) in [6.45, 7) is 4.46. The van der Waals surface area contributed by atoms with Crippen LogP contribution in [0, 0.1) is 18.8 Å². The number of ether oxygens (including phenoxy) is 1. The SMILES string of the molecule is CC#CC(C/C(N)=N/N)c1ccc(OCc2ccc3scc(-c4cc(NSC)ccc4C)c3c2)cc1. The molecule has 1 aromatic heterocycles. The largest absolute Gasteiger partial charge is 0.489 e. The van der Waals surface area contributed by atoms with Crippen molar-refractivity contribution in [2.45, 2.75) is 32.8 Å². The van der Waals surface area contributed by atoms with Crippen LogP contribution in [0.5, 0.6) is 5.75 Å². The highest BCUT2D eigenvalue weighted by Gasteiger charge is 2.13. The summed E-state index contributed by atoms with van der Waals surface area (Å²) < 4.78 is 10.7. The molecule has 0 aliphatic heterocycles. The average molecular weight is 515 g/mol. The molecule has 0 amide bonds. The molecule has 0 fully saturated rings. The summed E-state index contributed by atoms with van der Waals surface area (Å²) in [6.07, 6.45) is 2.53. The lowest BCUT2D eigenvalue weighted by Crippen LogP contribution is -2.17. The first-order valence-electron chi connectivity index (χ1n) is 11.6. The lowest BCUT2D eigenvalue weighted by molar-refractivity contribution is 0.306. The number of nitrogens with two attached hydrogens (primary N) is 2. The minimum Gasteiger partial charge on any atom is -0.489 e. The molecule has 4 aromatic rings. The average Bonchev–Trinajstić information content (AvgIpc) is 3.32. The highest BCUT2D eigenvalue weighted by Crippen LogP contribution is 2.37. The summed E-state index contributed by atoms with van der Waals surface area (Å²) in [5, 5.41) is 7.07. The minimum absolute atomic E-state index is 0.0520. The van der Waals surface area contributed by atoms with E-state index in [9.17, 15) is 0 Å². The Hall–Kier alpha value is -3.60. The van der Waals surface area contributed by atoms with Gasteiger partial charge in [0.15, 0.2) is 0 Å². The maximum absolute atomic E-state index is 6.12. The van der Waals surface area contributed by atoms with E-state index in [0.29, 0.717) is 18.9 Å². The molecule has 0 saturated carbocycles. The van der Waals surface area contributed by atoms with Crippen LogP contribution < -0.4 is 21.0 Å². The van der Waals surface area contributed by atoms with E-state index in [2.05, 4.69) is 70.4 Å². The molecule has 0 radical (unpaired) electrons. The first-order valence-corrected chi connectivity index (χ1v) is 13.7. The van der Waals surface area contributed by atoms with Gasteiger partial charge in [-0.2, -0.15) is 5.10 Å². The highest BCUT2D eigenvalue weighted by molar-refractivity contribution is 7.99. The van der Waals surface area contributed by atoms with Gasteiger partial charge >= 0.3 is 0 Å². The number of thiophene rings is 1. The fourth-order valence-corrected chi connectivity index (χ4v) is 5.42. The predicted octanol–water partition coefficient (Wildman–Crippen LogP) is 6.87. The van der Waals surface area contributed by atoms with Gasteiger partial charge in [-0.1, -0.05) is 42.1 Å². The van der Waals surface area contributed by atoms with Crippen molar-refractivity contribution in [2.75, 3.05) is 11.0 Å². The number of benzene rings is 3. The number of nitrogens with one attached hydrogen (secondary N) is 1. The third-order valence-electron chi connectivity index (χ3n) is 5.97. The van der Waals surface area contributed by atoms with E-state index in [0.717, 1.165) is 22.6 Å². The first kappa shape index (κ1) is 25.5. The van der Waals surface area contributed by atoms with E-state index < -0.39 is 0 Å². The number of anilines is 1. The second kappa shape index (κ2) is 11.9. The van der Waals surface area contributed by atoms with Gasteiger partial charge in [-0.05, 0) is 77.9 Å². The van der Waals surface area contributed by atoms with Crippen molar-refractivity contribution in [1.29, 1.82) is 0 Å². The lowest BCUT2D eigenvalue weighted by Gasteiger charge is -2.12. The Kier molecular flexibility index (Phi) is 8.42. The molecule has 3 aromatic carbocycles. The molecule has 4 rings (SSSR count). The molecule has 0 spiro atoms. The van der Waals surface area contributed by atoms with E-state index in [-0.39, 0.29) is 5.92 Å². The summed E-state index contributed by atoms with van der Waals surface area (Å²) in [7, 11) is 0. The van der Waals surface area contributed by atoms with Gasteiger partial charge in [0.2, 0.25) is 0 Å². The summed E-state index contributed by atoms with van der Waals surface area (Å²) in [5.74, 6) is 12.6. The Morgan fingerprint density at radius 3 is 2.64 bits per heavy atom. The second-order valence-corrected chi connectivity index (χ2v) is 9.97. The maximum Gasteiger partial charge on any atom is 0.120 e. The third-order valence-corrected chi connectivity index (χ3v) is 7.37. The molecule has 1 unspecified atom stereocenters. The van der Waals surface area contributed by atoms with Crippen LogP contribution in [-0.4, -0.2) is 12.1 Å². The molecular weight excluding hydrogens is 484 g/mol. The van der Waals surface area contributed by atoms with Crippen molar-refractivity contribution in [3.63, 3.8) is 0 Å². The lowest BCUT2D eigenvalue weighted by atomic mass is 9.95. The molecule has 1 heterocycles. The Balaban J connectivity index is 1.52. The molecule has 1 atom stereocenters. The molecule has 5 nitrogen and oxygen atoms in total. The predicted molar refractivity (Wildman–Crippen MR) is 157 cm³/mol. The van der Waals surface area contributed by atoms with Crippen LogP contribution in [0.25, 0.3) is 21.2 Å². The van der Waals surface area contributed by atoms with Gasteiger partial charge < -0.3 is 21.0 Å². The van der Waals surface area contributed by atoms with Gasteiger partial charge in [-0.3, -0.25) is 0 Å². The fraction of sp³-hybridized carbons (Fsp3) is 0.207. The number of nitrogens with zero attached hydrogens (tertiary/aromatic N) is 1. The topological polar surface area (TPSA) is 85.7 Å². The number of hydrogen-bond donors (Lipinski definition) is 3. The second-order valence-electron chi connectivity index (χ2n) is 8.44. The number of aryl methyl sites for hydroxylation is 1. The summed E-state index contributed by atoms with van der Waals surface area (Å²) >= 11 is 3.37. The zero-order valence-corrected chi connectivity index (χ0v) is 22.3. The van der Waals surface area contributed by atoms with Crippen molar-refractivity contribution >= 4 is 44.9 Å². The maximum atomic E-state index is 6.12. The smallest absolute Gasteiger partial charge is 0.120 e. The van der Waals surface area contributed by atoms with Gasteiger partial charge in [0.05, 0.1) is 5.92 Å². The molecule has 7 heteroatoms. The fourth-order valence-electron chi connectivity index (χ4n) is 4.12.